The van der Waals surface area contributed by atoms with E-state index >= 15 is 0 Å². The van der Waals surface area contributed by atoms with Crippen LogP contribution in [0, 0.1) is 0 Å². The molecule has 4 rings (SSSR count). The highest BCUT2D eigenvalue weighted by molar-refractivity contribution is 8.18. The van der Waals surface area contributed by atoms with Crippen molar-refractivity contribution in [3.63, 3.8) is 0 Å². The molecule has 0 saturated carbocycles. The largest absolute Gasteiger partial charge is 0.293 e. The highest BCUT2D eigenvalue weighted by atomic mass is 32.2. The van der Waals surface area contributed by atoms with Gasteiger partial charge in [0.15, 0.2) is 0 Å². The van der Waals surface area contributed by atoms with Crippen LogP contribution in [0.1, 0.15) is 5.56 Å². The number of amides is 2. The second-order valence-corrected chi connectivity index (χ2v) is 6.60. The van der Waals surface area contributed by atoms with E-state index in [1.165, 1.54) is 7.05 Å². The molecule has 6 heteroatoms. The molecule has 1 aromatic carbocycles. The second kappa shape index (κ2) is 6.14. The predicted molar refractivity (Wildman–Crippen MR) is 98.7 cm³/mol. The molecule has 1 aliphatic heterocycles. The van der Waals surface area contributed by atoms with E-state index < -0.39 is 0 Å². The first kappa shape index (κ1) is 15.5. The summed E-state index contributed by atoms with van der Waals surface area (Å²) in [6.07, 6.45) is 7.03. The lowest BCUT2D eigenvalue weighted by atomic mass is 10.0. The fourth-order valence-corrected chi connectivity index (χ4v) is 3.56. The quantitative estimate of drug-likeness (QED) is 0.657. The van der Waals surface area contributed by atoms with E-state index in [9.17, 15) is 9.59 Å². The molecule has 0 atom stereocenters. The lowest BCUT2D eigenvalue weighted by Gasteiger charge is -2.07. The summed E-state index contributed by atoms with van der Waals surface area (Å²) >= 11 is 0.957. The summed E-state index contributed by atoms with van der Waals surface area (Å²) in [6, 6.07) is 11.7. The predicted octanol–water partition coefficient (Wildman–Crippen LogP) is 3.96. The van der Waals surface area contributed by atoms with E-state index in [-0.39, 0.29) is 11.1 Å². The SMILES string of the molecule is CN1C(=O)S/C(=C/c2ccc3nccc(-c4ccncc4)c3c2)C1=O. The highest BCUT2D eigenvalue weighted by Gasteiger charge is 2.31. The van der Waals surface area contributed by atoms with Crippen molar-refractivity contribution in [2.24, 2.45) is 0 Å². The molecule has 0 radical (unpaired) electrons. The number of nitrogens with zero attached hydrogens (tertiary/aromatic N) is 3. The Kier molecular flexibility index (Phi) is 3.82. The van der Waals surface area contributed by atoms with E-state index in [1.54, 1.807) is 24.7 Å². The maximum Gasteiger partial charge on any atom is 0.293 e. The number of rotatable bonds is 2. The normalized spacial score (nSPS) is 16.2. The zero-order valence-electron chi connectivity index (χ0n) is 13.3. The number of fused-ring (bicyclic) bond motifs is 1. The third-order valence-corrected chi connectivity index (χ3v) is 5.00. The van der Waals surface area contributed by atoms with Crippen molar-refractivity contribution in [2.45, 2.75) is 0 Å². The van der Waals surface area contributed by atoms with Crippen LogP contribution in [-0.4, -0.2) is 33.1 Å². The Morgan fingerprint density at radius 1 is 1.04 bits per heavy atom. The van der Waals surface area contributed by atoms with E-state index in [1.807, 2.05) is 36.4 Å². The fourth-order valence-electron chi connectivity index (χ4n) is 2.73. The Bertz CT molecular complexity index is 1030. The summed E-state index contributed by atoms with van der Waals surface area (Å²) < 4.78 is 0. The van der Waals surface area contributed by atoms with Gasteiger partial charge in [-0.2, -0.15) is 0 Å². The van der Waals surface area contributed by atoms with Gasteiger partial charge in [0.25, 0.3) is 11.1 Å². The Hall–Kier alpha value is -2.99. The van der Waals surface area contributed by atoms with Crippen molar-refractivity contribution in [1.82, 2.24) is 14.9 Å². The standard InChI is InChI=1S/C19H13N3O2S/c1-22-18(23)17(25-19(22)24)11-12-2-3-16-15(10-12)14(6-9-21-16)13-4-7-20-8-5-13/h2-11H,1H3/b17-11+. The van der Waals surface area contributed by atoms with Crippen LogP contribution in [0.4, 0.5) is 4.79 Å². The smallest absolute Gasteiger partial charge is 0.272 e. The van der Waals surface area contributed by atoms with E-state index in [4.69, 9.17) is 0 Å². The van der Waals surface area contributed by atoms with Crippen molar-refractivity contribution >= 4 is 39.9 Å². The Balaban J connectivity index is 1.83. The minimum absolute atomic E-state index is 0.254. The van der Waals surface area contributed by atoms with Crippen LogP contribution in [0.3, 0.4) is 0 Å². The van der Waals surface area contributed by atoms with Crippen molar-refractivity contribution in [3.8, 4) is 11.1 Å². The third kappa shape index (κ3) is 2.81. The minimum atomic E-state index is -0.268. The molecule has 3 heterocycles. The molecule has 0 spiro atoms. The maximum atomic E-state index is 12.1. The lowest BCUT2D eigenvalue weighted by Crippen LogP contribution is -2.22. The molecule has 122 valence electrons. The van der Waals surface area contributed by atoms with Crippen molar-refractivity contribution in [3.05, 3.63) is 65.5 Å². The molecule has 0 N–H and O–H groups in total. The summed E-state index contributed by atoms with van der Waals surface area (Å²) in [7, 11) is 1.49. The first-order valence-electron chi connectivity index (χ1n) is 7.64. The van der Waals surface area contributed by atoms with Crippen LogP contribution in [0.5, 0.6) is 0 Å². The molecule has 2 aromatic heterocycles. The van der Waals surface area contributed by atoms with Crippen LogP contribution in [-0.2, 0) is 4.79 Å². The van der Waals surface area contributed by atoms with Crippen molar-refractivity contribution < 1.29 is 9.59 Å². The number of pyridine rings is 2. The Labute approximate surface area is 148 Å². The highest BCUT2D eigenvalue weighted by Crippen LogP contribution is 2.33. The number of hydrogen-bond donors (Lipinski definition) is 0. The number of aromatic nitrogens is 2. The Morgan fingerprint density at radius 2 is 1.84 bits per heavy atom. The molecule has 1 fully saturated rings. The van der Waals surface area contributed by atoms with Gasteiger partial charge in [0.05, 0.1) is 10.4 Å². The summed E-state index contributed by atoms with van der Waals surface area (Å²) in [6.45, 7) is 0. The van der Waals surface area contributed by atoms with E-state index in [0.717, 1.165) is 44.3 Å². The van der Waals surface area contributed by atoms with Gasteiger partial charge >= 0.3 is 0 Å². The van der Waals surface area contributed by atoms with Crippen LogP contribution in [0.15, 0.2) is 59.9 Å². The van der Waals surface area contributed by atoms with Crippen LogP contribution >= 0.6 is 11.8 Å². The molecule has 1 aliphatic rings. The molecule has 0 unspecified atom stereocenters. The van der Waals surface area contributed by atoms with Gasteiger partial charge in [-0.3, -0.25) is 24.5 Å². The first-order chi connectivity index (χ1) is 12.1. The summed E-state index contributed by atoms with van der Waals surface area (Å²) in [5, 5.41) is 0.731. The van der Waals surface area contributed by atoms with Gasteiger partial charge in [-0.1, -0.05) is 6.07 Å². The van der Waals surface area contributed by atoms with Gasteiger partial charge < -0.3 is 0 Å². The topological polar surface area (TPSA) is 63.2 Å². The molecule has 0 aliphatic carbocycles. The molecule has 0 bridgehead atoms. The van der Waals surface area contributed by atoms with Crippen LogP contribution in [0.25, 0.3) is 28.1 Å². The molecular formula is C19H13N3O2S. The lowest BCUT2D eigenvalue weighted by molar-refractivity contribution is -0.121. The van der Waals surface area contributed by atoms with Gasteiger partial charge in [-0.25, -0.2) is 0 Å². The zero-order valence-corrected chi connectivity index (χ0v) is 14.2. The average Bonchev–Trinajstić information content (AvgIpc) is 2.89. The van der Waals surface area contributed by atoms with Gasteiger partial charge in [0.2, 0.25) is 0 Å². The van der Waals surface area contributed by atoms with Gasteiger partial charge in [-0.05, 0) is 64.9 Å². The molecule has 25 heavy (non-hydrogen) atoms. The average molecular weight is 347 g/mol. The molecule has 1 saturated heterocycles. The number of hydrogen-bond acceptors (Lipinski definition) is 5. The fraction of sp³-hybridized carbons (Fsp3) is 0.0526. The number of carbonyl (C=O) groups is 2. The summed E-state index contributed by atoms with van der Waals surface area (Å²) in [4.78, 5) is 33.7. The number of likely N-dealkylation sites (N-methyl/N-ethyl adjacent to an activating group) is 1. The van der Waals surface area contributed by atoms with E-state index in [0.29, 0.717) is 4.91 Å². The number of imide groups is 1. The number of carbonyl (C=O) groups excluding carboxylic acids is 2. The van der Waals surface area contributed by atoms with Gasteiger partial charge in [0, 0.05) is 31.0 Å². The van der Waals surface area contributed by atoms with Crippen LogP contribution < -0.4 is 0 Å². The van der Waals surface area contributed by atoms with Gasteiger partial charge in [-0.15, -0.1) is 0 Å². The van der Waals surface area contributed by atoms with Gasteiger partial charge in [0.1, 0.15) is 0 Å². The monoisotopic (exact) mass is 347 g/mol. The molecule has 5 nitrogen and oxygen atoms in total. The third-order valence-electron chi connectivity index (χ3n) is 4.04. The molecule has 2 amide bonds. The second-order valence-electron chi connectivity index (χ2n) is 5.61. The van der Waals surface area contributed by atoms with Crippen molar-refractivity contribution in [2.75, 3.05) is 7.05 Å². The maximum absolute atomic E-state index is 12.1. The first-order valence-corrected chi connectivity index (χ1v) is 8.46. The van der Waals surface area contributed by atoms with Crippen LogP contribution in [0.2, 0.25) is 0 Å². The summed E-state index contributed by atoms with van der Waals surface area (Å²) in [5.74, 6) is -0.268. The van der Waals surface area contributed by atoms with E-state index in [2.05, 4.69) is 9.97 Å². The zero-order chi connectivity index (χ0) is 17.4. The number of thioether (sulfide) groups is 1. The Morgan fingerprint density at radius 3 is 2.56 bits per heavy atom. The molecule has 3 aromatic rings. The minimum Gasteiger partial charge on any atom is -0.272 e. The summed E-state index contributed by atoms with van der Waals surface area (Å²) in [5.41, 5.74) is 3.82. The number of benzene rings is 1. The molecular weight excluding hydrogens is 334 g/mol. The van der Waals surface area contributed by atoms with Crippen molar-refractivity contribution in [1.29, 1.82) is 0 Å².